The number of Topliss-reactive ketones (excluding diaryl/α,β-unsaturated/α-hetero) is 1. The molecule has 4 heteroatoms. The Bertz CT molecular complexity index is 353. The topological polar surface area (TPSA) is 51.2 Å². The minimum atomic E-state index is -0.0647. The standard InChI is InChI=1S/C12H16N2O2/c1-16-10-6-11(14-8-10)12(15)5-9-3-2-4-13-7-9/h2-4,7,10-11,14H,5-6,8H2,1H3. The number of hydrogen-bond acceptors (Lipinski definition) is 4. The molecule has 2 rings (SSSR count). The highest BCUT2D eigenvalue weighted by atomic mass is 16.5. The van der Waals surface area contributed by atoms with Crippen LogP contribution in [0.5, 0.6) is 0 Å². The molecule has 0 aliphatic carbocycles. The van der Waals surface area contributed by atoms with Crippen molar-refractivity contribution < 1.29 is 9.53 Å². The molecule has 0 bridgehead atoms. The van der Waals surface area contributed by atoms with Crippen LogP contribution in [0.4, 0.5) is 0 Å². The van der Waals surface area contributed by atoms with Gasteiger partial charge in [-0.3, -0.25) is 9.78 Å². The van der Waals surface area contributed by atoms with Gasteiger partial charge in [0.25, 0.3) is 0 Å². The van der Waals surface area contributed by atoms with Gasteiger partial charge in [-0.2, -0.15) is 0 Å². The van der Waals surface area contributed by atoms with Gasteiger partial charge >= 0.3 is 0 Å². The third-order valence-corrected chi connectivity index (χ3v) is 2.91. The minimum absolute atomic E-state index is 0.0647. The first kappa shape index (κ1) is 11.2. The van der Waals surface area contributed by atoms with E-state index in [4.69, 9.17) is 4.74 Å². The van der Waals surface area contributed by atoms with Gasteiger partial charge in [-0.15, -0.1) is 0 Å². The van der Waals surface area contributed by atoms with E-state index in [0.717, 1.165) is 18.5 Å². The molecule has 0 radical (unpaired) electrons. The highest BCUT2D eigenvalue weighted by Gasteiger charge is 2.28. The van der Waals surface area contributed by atoms with Gasteiger partial charge < -0.3 is 10.1 Å². The van der Waals surface area contributed by atoms with Crippen LogP contribution in [-0.2, 0) is 16.0 Å². The summed E-state index contributed by atoms with van der Waals surface area (Å²) >= 11 is 0. The van der Waals surface area contributed by atoms with E-state index in [-0.39, 0.29) is 17.9 Å². The van der Waals surface area contributed by atoms with Crippen LogP contribution in [-0.4, -0.2) is 36.6 Å². The summed E-state index contributed by atoms with van der Waals surface area (Å²) in [5, 5.41) is 3.18. The van der Waals surface area contributed by atoms with E-state index in [1.807, 2.05) is 12.1 Å². The molecule has 0 amide bonds. The monoisotopic (exact) mass is 220 g/mol. The number of nitrogens with one attached hydrogen (secondary N) is 1. The third kappa shape index (κ3) is 2.65. The molecule has 1 aromatic rings. The number of aromatic nitrogens is 1. The first-order valence-electron chi connectivity index (χ1n) is 5.47. The number of rotatable bonds is 4. The summed E-state index contributed by atoms with van der Waals surface area (Å²) in [5.74, 6) is 0.215. The molecule has 1 aromatic heterocycles. The Morgan fingerprint density at radius 3 is 3.19 bits per heavy atom. The molecule has 0 saturated carbocycles. The largest absolute Gasteiger partial charge is 0.380 e. The van der Waals surface area contributed by atoms with Crippen molar-refractivity contribution in [3.05, 3.63) is 30.1 Å². The number of ether oxygens (including phenoxy) is 1. The SMILES string of the molecule is COC1CNC(C(=O)Cc2cccnc2)C1. The first-order chi connectivity index (χ1) is 7.79. The molecule has 1 fully saturated rings. The highest BCUT2D eigenvalue weighted by molar-refractivity contribution is 5.86. The highest BCUT2D eigenvalue weighted by Crippen LogP contribution is 2.12. The Morgan fingerprint density at radius 2 is 2.56 bits per heavy atom. The van der Waals surface area contributed by atoms with Crippen LogP contribution in [0.2, 0.25) is 0 Å². The van der Waals surface area contributed by atoms with Gasteiger partial charge in [0.2, 0.25) is 0 Å². The van der Waals surface area contributed by atoms with Gasteiger partial charge in [0, 0.05) is 32.5 Å². The summed E-state index contributed by atoms with van der Waals surface area (Å²) in [7, 11) is 1.68. The fraction of sp³-hybridized carbons (Fsp3) is 0.500. The van der Waals surface area contributed by atoms with E-state index in [1.165, 1.54) is 0 Å². The number of carbonyl (C=O) groups excluding carboxylic acids is 1. The summed E-state index contributed by atoms with van der Waals surface area (Å²) in [6, 6.07) is 3.71. The van der Waals surface area contributed by atoms with Crippen molar-refractivity contribution in [1.29, 1.82) is 0 Å². The smallest absolute Gasteiger partial charge is 0.154 e. The van der Waals surface area contributed by atoms with E-state index in [1.54, 1.807) is 19.5 Å². The normalized spacial score (nSPS) is 24.6. The lowest BCUT2D eigenvalue weighted by Crippen LogP contribution is -2.31. The second-order valence-corrected chi connectivity index (χ2v) is 4.06. The predicted molar refractivity (Wildman–Crippen MR) is 60.2 cm³/mol. The number of nitrogens with zero attached hydrogens (tertiary/aromatic N) is 1. The molecule has 0 aromatic carbocycles. The Balaban J connectivity index is 1.90. The first-order valence-corrected chi connectivity index (χ1v) is 5.47. The van der Waals surface area contributed by atoms with E-state index in [9.17, 15) is 4.79 Å². The molecular weight excluding hydrogens is 204 g/mol. The van der Waals surface area contributed by atoms with Crippen LogP contribution in [0.1, 0.15) is 12.0 Å². The fourth-order valence-electron chi connectivity index (χ4n) is 1.96. The van der Waals surface area contributed by atoms with Crippen molar-refractivity contribution in [2.45, 2.75) is 25.0 Å². The summed E-state index contributed by atoms with van der Waals surface area (Å²) < 4.78 is 5.21. The van der Waals surface area contributed by atoms with Crippen molar-refractivity contribution in [1.82, 2.24) is 10.3 Å². The number of ketones is 1. The zero-order chi connectivity index (χ0) is 11.4. The summed E-state index contributed by atoms with van der Waals surface area (Å²) in [6.45, 7) is 0.764. The van der Waals surface area contributed by atoms with Gasteiger partial charge in [-0.05, 0) is 18.1 Å². The van der Waals surface area contributed by atoms with Gasteiger partial charge in [0.15, 0.2) is 5.78 Å². The number of pyridine rings is 1. The van der Waals surface area contributed by atoms with Crippen LogP contribution in [0.15, 0.2) is 24.5 Å². The molecule has 0 spiro atoms. The third-order valence-electron chi connectivity index (χ3n) is 2.91. The van der Waals surface area contributed by atoms with Crippen LogP contribution in [0.25, 0.3) is 0 Å². The molecule has 16 heavy (non-hydrogen) atoms. The van der Waals surface area contributed by atoms with Crippen molar-refractivity contribution in [2.75, 3.05) is 13.7 Å². The molecule has 2 unspecified atom stereocenters. The van der Waals surface area contributed by atoms with Gasteiger partial charge in [0.1, 0.15) is 0 Å². The number of methoxy groups -OCH3 is 1. The van der Waals surface area contributed by atoms with E-state index < -0.39 is 0 Å². The molecular formula is C12H16N2O2. The number of carbonyl (C=O) groups is 1. The average Bonchev–Trinajstić information content (AvgIpc) is 2.79. The van der Waals surface area contributed by atoms with Gasteiger partial charge in [0.05, 0.1) is 12.1 Å². The lowest BCUT2D eigenvalue weighted by Gasteiger charge is -2.08. The molecule has 1 N–H and O–H groups in total. The Labute approximate surface area is 95.0 Å². The maximum absolute atomic E-state index is 11.9. The van der Waals surface area contributed by atoms with E-state index in [0.29, 0.717) is 6.42 Å². The Morgan fingerprint density at radius 1 is 1.69 bits per heavy atom. The summed E-state index contributed by atoms with van der Waals surface area (Å²) in [6.07, 6.45) is 4.84. The maximum Gasteiger partial charge on any atom is 0.154 e. The predicted octanol–water partition coefficient (Wildman–Crippen LogP) is 0.570. The van der Waals surface area contributed by atoms with Crippen molar-refractivity contribution in [3.63, 3.8) is 0 Å². The Kier molecular flexibility index (Phi) is 3.64. The molecule has 2 atom stereocenters. The second kappa shape index (κ2) is 5.18. The van der Waals surface area contributed by atoms with Crippen molar-refractivity contribution >= 4 is 5.78 Å². The van der Waals surface area contributed by atoms with Crippen molar-refractivity contribution in [3.8, 4) is 0 Å². The molecule has 4 nitrogen and oxygen atoms in total. The lowest BCUT2D eigenvalue weighted by molar-refractivity contribution is -0.120. The summed E-state index contributed by atoms with van der Waals surface area (Å²) in [5.41, 5.74) is 0.968. The molecule has 1 aliphatic heterocycles. The van der Waals surface area contributed by atoms with Crippen LogP contribution in [0.3, 0.4) is 0 Å². The van der Waals surface area contributed by atoms with Crippen LogP contribution in [0, 0.1) is 0 Å². The second-order valence-electron chi connectivity index (χ2n) is 4.06. The van der Waals surface area contributed by atoms with Crippen molar-refractivity contribution in [2.24, 2.45) is 0 Å². The Hall–Kier alpha value is -1.26. The summed E-state index contributed by atoms with van der Waals surface area (Å²) in [4.78, 5) is 15.9. The number of hydrogen-bond donors (Lipinski definition) is 1. The molecule has 1 aliphatic rings. The van der Waals surface area contributed by atoms with E-state index >= 15 is 0 Å². The average molecular weight is 220 g/mol. The zero-order valence-corrected chi connectivity index (χ0v) is 9.35. The van der Waals surface area contributed by atoms with Gasteiger partial charge in [-0.1, -0.05) is 6.07 Å². The molecule has 86 valence electrons. The minimum Gasteiger partial charge on any atom is -0.380 e. The van der Waals surface area contributed by atoms with Crippen LogP contribution < -0.4 is 5.32 Å². The quantitative estimate of drug-likeness (QED) is 0.806. The maximum atomic E-state index is 11.9. The van der Waals surface area contributed by atoms with E-state index in [2.05, 4.69) is 10.3 Å². The van der Waals surface area contributed by atoms with Crippen LogP contribution >= 0.6 is 0 Å². The van der Waals surface area contributed by atoms with Gasteiger partial charge in [-0.25, -0.2) is 0 Å². The molecule has 2 heterocycles. The fourth-order valence-corrected chi connectivity index (χ4v) is 1.96. The molecule has 1 saturated heterocycles. The zero-order valence-electron chi connectivity index (χ0n) is 9.35. The lowest BCUT2D eigenvalue weighted by atomic mass is 10.0.